The monoisotopic (exact) mass is 382 g/mol. The molecule has 0 N–H and O–H groups in total. The van der Waals surface area contributed by atoms with Crippen LogP contribution in [0.15, 0.2) is 36.4 Å². The summed E-state index contributed by atoms with van der Waals surface area (Å²) < 4.78 is 62.2. The minimum absolute atomic E-state index is 0.0198. The number of esters is 1. The van der Waals surface area contributed by atoms with Crippen molar-refractivity contribution in [3.05, 3.63) is 53.5 Å². The molecule has 0 saturated heterocycles. The highest BCUT2D eigenvalue weighted by Crippen LogP contribution is 2.33. The summed E-state index contributed by atoms with van der Waals surface area (Å²) in [6.07, 6.45) is -4.95. The van der Waals surface area contributed by atoms with E-state index in [0.717, 1.165) is 16.5 Å². The van der Waals surface area contributed by atoms with E-state index >= 15 is 0 Å². The second-order valence-electron chi connectivity index (χ2n) is 5.60. The van der Waals surface area contributed by atoms with Gasteiger partial charge in [-0.25, -0.2) is 14.2 Å². The van der Waals surface area contributed by atoms with Crippen molar-refractivity contribution in [1.29, 1.82) is 0 Å². The number of pyridine rings is 1. The average Bonchev–Trinajstić information content (AvgIpc) is 2.97. The van der Waals surface area contributed by atoms with Crippen LogP contribution in [0.2, 0.25) is 0 Å². The van der Waals surface area contributed by atoms with Gasteiger partial charge in [0.25, 0.3) is 0 Å². The van der Waals surface area contributed by atoms with Gasteiger partial charge in [-0.3, -0.25) is 4.40 Å². The van der Waals surface area contributed by atoms with E-state index in [2.05, 4.69) is 9.72 Å². The summed E-state index contributed by atoms with van der Waals surface area (Å²) in [5.74, 6) is -1.88. The van der Waals surface area contributed by atoms with Crippen LogP contribution in [0.1, 0.15) is 23.0 Å². The molecule has 1 aromatic carbocycles. The summed E-state index contributed by atoms with van der Waals surface area (Å²) in [7, 11) is 0. The van der Waals surface area contributed by atoms with Crippen molar-refractivity contribution in [1.82, 2.24) is 9.38 Å². The maximum absolute atomic E-state index is 13.6. The van der Waals surface area contributed by atoms with Gasteiger partial charge in [-0.15, -0.1) is 13.2 Å². The Labute approximate surface area is 151 Å². The Bertz CT molecular complexity index is 1010. The number of hydrogen-bond acceptors (Lipinski definition) is 4. The molecule has 5 nitrogen and oxygen atoms in total. The second-order valence-corrected chi connectivity index (χ2v) is 5.60. The van der Waals surface area contributed by atoms with Crippen molar-refractivity contribution < 1.29 is 31.8 Å². The van der Waals surface area contributed by atoms with Gasteiger partial charge in [0.15, 0.2) is 5.69 Å². The lowest BCUT2D eigenvalue weighted by atomic mass is 10.1. The van der Waals surface area contributed by atoms with Gasteiger partial charge in [-0.05, 0) is 49.7 Å². The minimum Gasteiger partial charge on any atom is -0.461 e. The standard InChI is InChI=1S/C18H14F4N2O3/c1-3-26-17(25)15-16(11-7-8-12(19)10(2)9-11)24-13(23-15)5-4-6-14(24)27-18(20,21)22/h4-9H,3H2,1-2H3. The number of fused-ring (bicyclic) bond motifs is 1. The Hall–Kier alpha value is -3.10. The number of imidazole rings is 1. The third-order valence-electron chi connectivity index (χ3n) is 3.73. The molecule has 2 heterocycles. The Kier molecular flexibility index (Phi) is 4.77. The maximum atomic E-state index is 13.6. The molecule has 2 aromatic heterocycles. The first kappa shape index (κ1) is 18.7. The van der Waals surface area contributed by atoms with Gasteiger partial charge in [-0.1, -0.05) is 6.07 Å². The summed E-state index contributed by atoms with van der Waals surface area (Å²) in [4.78, 5) is 16.4. The zero-order valence-corrected chi connectivity index (χ0v) is 14.3. The highest BCUT2D eigenvalue weighted by atomic mass is 19.4. The normalized spacial score (nSPS) is 11.6. The number of halogens is 4. The molecule has 0 aliphatic carbocycles. The number of benzene rings is 1. The van der Waals surface area contributed by atoms with E-state index in [1.165, 1.54) is 31.2 Å². The molecular weight excluding hydrogens is 368 g/mol. The van der Waals surface area contributed by atoms with Crippen LogP contribution in [-0.2, 0) is 4.74 Å². The summed E-state index contributed by atoms with van der Waals surface area (Å²) in [5, 5.41) is 0. The van der Waals surface area contributed by atoms with Gasteiger partial charge in [-0.2, -0.15) is 0 Å². The first-order chi connectivity index (χ1) is 12.7. The van der Waals surface area contributed by atoms with E-state index in [-0.39, 0.29) is 29.2 Å². The summed E-state index contributed by atoms with van der Waals surface area (Å²) >= 11 is 0. The van der Waals surface area contributed by atoms with Crippen LogP contribution in [-0.4, -0.2) is 28.3 Å². The van der Waals surface area contributed by atoms with Crippen molar-refractivity contribution in [2.75, 3.05) is 6.61 Å². The lowest BCUT2D eigenvalue weighted by Crippen LogP contribution is -2.19. The van der Waals surface area contributed by atoms with Gasteiger partial charge in [0.2, 0.25) is 5.88 Å². The van der Waals surface area contributed by atoms with Crippen molar-refractivity contribution in [2.45, 2.75) is 20.2 Å². The molecule has 27 heavy (non-hydrogen) atoms. The molecule has 0 unspecified atom stereocenters. The third kappa shape index (κ3) is 3.71. The highest BCUT2D eigenvalue weighted by Gasteiger charge is 2.33. The molecule has 9 heteroatoms. The van der Waals surface area contributed by atoms with E-state index in [9.17, 15) is 22.4 Å². The first-order valence-electron chi connectivity index (χ1n) is 7.92. The summed E-state index contributed by atoms with van der Waals surface area (Å²) in [5.41, 5.74) is 0.429. The molecule has 0 fully saturated rings. The van der Waals surface area contributed by atoms with Gasteiger partial charge in [0, 0.05) is 5.56 Å². The highest BCUT2D eigenvalue weighted by molar-refractivity contribution is 5.96. The molecule has 0 atom stereocenters. The van der Waals surface area contributed by atoms with Crippen LogP contribution >= 0.6 is 0 Å². The van der Waals surface area contributed by atoms with Crippen LogP contribution in [0, 0.1) is 12.7 Å². The zero-order chi connectivity index (χ0) is 19.8. The number of ether oxygens (including phenoxy) is 2. The smallest absolute Gasteiger partial charge is 0.461 e. The van der Waals surface area contributed by atoms with E-state index in [0.29, 0.717) is 5.56 Å². The Balaban J connectivity index is 2.33. The van der Waals surface area contributed by atoms with E-state index < -0.39 is 24.0 Å². The van der Waals surface area contributed by atoms with Gasteiger partial charge in [0.1, 0.15) is 11.5 Å². The molecule has 0 aliphatic heterocycles. The van der Waals surface area contributed by atoms with Crippen LogP contribution in [0.5, 0.6) is 5.88 Å². The molecule has 3 aromatic rings. The number of aryl methyl sites for hydroxylation is 1. The number of hydrogen-bond donors (Lipinski definition) is 0. The largest absolute Gasteiger partial charge is 0.574 e. The fourth-order valence-corrected chi connectivity index (χ4v) is 2.66. The molecule has 0 spiro atoms. The molecule has 0 saturated carbocycles. The van der Waals surface area contributed by atoms with Crippen molar-refractivity contribution >= 4 is 11.6 Å². The number of rotatable bonds is 4. The first-order valence-corrected chi connectivity index (χ1v) is 7.92. The van der Waals surface area contributed by atoms with E-state index in [4.69, 9.17) is 4.74 Å². The van der Waals surface area contributed by atoms with E-state index in [1.54, 1.807) is 6.92 Å². The SMILES string of the molecule is CCOC(=O)c1nc2cccc(OC(F)(F)F)n2c1-c1ccc(F)c(C)c1. The van der Waals surface area contributed by atoms with Crippen LogP contribution < -0.4 is 4.74 Å². The fraction of sp³-hybridized carbons (Fsp3) is 0.222. The number of alkyl halides is 3. The van der Waals surface area contributed by atoms with E-state index in [1.807, 2.05) is 0 Å². The predicted octanol–water partition coefficient (Wildman–Crippen LogP) is 4.52. The fourth-order valence-electron chi connectivity index (χ4n) is 2.66. The molecule has 0 aliphatic rings. The van der Waals surface area contributed by atoms with Gasteiger partial charge >= 0.3 is 12.3 Å². The molecule has 0 radical (unpaired) electrons. The van der Waals surface area contributed by atoms with Crippen molar-refractivity contribution in [2.24, 2.45) is 0 Å². The average molecular weight is 382 g/mol. The minimum atomic E-state index is -4.95. The summed E-state index contributed by atoms with van der Waals surface area (Å²) in [6, 6.07) is 7.75. The third-order valence-corrected chi connectivity index (χ3v) is 3.73. The topological polar surface area (TPSA) is 52.8 Å². The molecule has 0 amide bonds. The number of carbonyl (C=O) groups excluding carboxylic acids is 1. The molecule has 0 bridgehead atoms. The van der Waals surface area contributed by atoms with Crippen molar-refractivity contribution in [3.63, 3.8) is 0 Å². The Morgan fingerprint density at radius 2 is 1.96 bits per heavy atom. The number of carbonyl (C=O) groups is 1. The summed E-state index contributed by atoms with van der Waals surface area (Å²) in [6.45, 7) is 3.15. The van der Waals surface area contributed by atoms with Crippen molar-refractivity contribution in [3.8, 4) is 17.1 Å². The zero-order valence-electron chi connectivity index (χ0n) is 14.3. The Morgan fingerprint density at radius 1 is 1.22 bits per heavy atom. The van der Waals surface area contributed by atoms with Crippen LogP contribution in [0.4, 0.5) is 17.6 Å². The number of aromatic nitrogens is 2. The lowest BCUT2D eigenvalue weighted by molar-refractivity contribution is -0.276. The maximum Gasteiger partial charge on any atom is 0.574 e. The van der Waals surface area contributed by atoms with Gasteiger partial charge in [0.05, 0.1) is 12.3 Å². The second kappa shape index (κ2) is 6.90. The van der Waals surface area contributed by atoms with Gasteiger partial charge < -0.3 is 9.47 Å². The quantitative estimate of drug-likeness (QED) is 0.492. The van der Waals surface area contributed by atoms with Crippen LogP contribution in [0.25, 0.3) is 16.9 Å². The number of nitrogens with zero attached hydrogens (tertiary/aromatic N) is 2. The molecular formula is C18H14F4N2O3. The predicted molar refractivity (Wildman–Crippen MR) is 88.0 cm³/mol. The van der Waals surface area contributed by atoms with Crippen LogP contribution in [0.3, 0.4) is 0 Å². The Morgan fingerprint density at radius 3 is 2.59 bits per heavy atom. The molecule has 3 rings (SSSR count). The lowest BCUT2D eigenvalue weighted by Gasteiger charge is -2.13. The molecule has 142 valence electrons.